The molecule has 14 heavy (non-hydrogen) atoms. The lowest BCUT2D eigenvalue weighted by Crippen LogP contribution is -2.02. The lowest BCUT2D eigenvalue weighted by Gasteiger charge is -2.10. The van der Waals surface area contributed by atoms with E-state index in [4.69, 9.17) is 4.74 Å². The van der Waals surface area contributed by atoms with Crippen molar-refractivity contribution in [3.05, 3.63) is 25.7 Å². The minimum absolute atomic E-state index is 0.0128. The molecule has 0 aliphatic carbocycles. The highest BCUT2D eigenvalue weighted by Crippen LogP contribution is 2.31. The fourth-order valence-electron chi connectivity index (χ4n) is 1.14. The van der Waals surface area contributed by atoms with Gasteiger partial charge in [-0.15, -0.1) is 0 Å². The number of hydrogen-bond acceptors (Lipinski definition) is 2. The number of carbonyl (C=O) groups excluding carboxylic acids is 1. The van der Waals surface area contributed by atoms with E-state index in [2.05, 4.69) is 38.5 Å². The smallest absolute Gasteiger partial charge is 0.164 e. The molecule has 1 rings (SSSR count). The first-order valence-corrected chi connectivity index (χ1v) is 6.06. The molecular weight excluding hydrogens is 359 g/mol. The minimum Gasteiger partial charge on any atom is -0.493 e. The van der Waals surface area contributed by atoms with Crippen LogP contribution in [-0.4, -0.2) is 12.4 Å². The van der Waals surface area contributed by atoms with Crippen molar-refractivity contribution in [2.75, 3.05) is 6.61 Å². The van der Waals surface area contributed by atoms with E-state index in [-0.39, 0.29) is 5.78 Å². The average molecular weight is 369 g/mol. The van der Waals surface area contributed by atoms with Crippen LogP contribution in [0.2, 0.25) is 0 Å². The summed E-state index contributed by atoms with van der Waals surface area (Å²) < 4.78 is 7.21. The van der Waals surface area contributed by atoms with Crippen LogP contribution in [-0.2, 0) is 0 Å². The summed E-state index contributed by atoms with van der Waals surface area (Å²) in [7, 11) is 0. The molecule has 1 aromatic rings. The lowest BCUT2D eigenvalue weighted by atomic mass is 10.1. The third kappa shape index (κ3) is 2.48. The summed E-state index contributed by atoms with van der Waals surface area (Å²) in [5.41, 5.74) is 0.624. The van der Waals surface area contributed by atoms with Crippen LogP contribution in [0.3, 0.4) is 0 Å². The van der Waals surface area contributed by atoms with Gasteiger partial charge in [-0.05, 0) is 64.5 Å². The van der Waals surface area contributed by atoms with Gasteiger partial charge in [0.25, 0.3) is 0 Å². The van der Waals surface area contributed by atoms with Gasteiger partial charge < -0.3 is 4.74 Å². The van der Waals surface area contributed by atoms with Gasteiger partial charge in [-0.2, -0.15) is 0 Å². The quantitative estimate of drug-likeness (QED) is 0.601. The first-order valence-electron chi connectivity index (χ1n) is 4.19. The maximum absolute atomic E-state index is 11.4. The summed E-state index contributed by atoms with van der Waals surface area (Å²) in [5, 5.41) is 0. The molecule has 0 unspecified atom stereocenters. The molecule has 0 amide bonds. The molecule has 0 aliphatic rings. The van der Waals surface area contributed by atoms with E-state index in [0.717, 1.165) is 8.04 Å². The SMILES string of the molecule is CCOc1ccc(I)c(Br)c1C(C)=O. The number of carbonyl (C=O) groups is 1. The van der Waals surface area contributed by atoms with E-state index < -0.39 is 0 Å². The van der Waals surface area contributed by atoms with E-state index in [1.54, 1.807) is 6.92 Å². The molecular formula is C10H10BrIO2. The molecule has 0 fully saturated rings. The first kappa shape index (κ1) is 12.0. The Kier molecular flexibility index (Phi) is 4.37. The zero-order valence-corrected chi connectivity index (χ0v) is 11.7. The predicted molar refractivity (Wildman–Crippen MR) is 68.0 cm³/mol. The van der Waals surface area contributed by atoms with Crippen molar-refractivity contribution in [3.8, 4) is 5.75 Å². The zero-order valence-electron chi connectivity index (χ0n) is 7.93. The van der Waals surface area contributed by atoms with Crippen LogP contribution >= 0.6 is 38.5 Å². The van der Waals surface area contributed by atoms with E-state index in [1.165, 1.54) is 0 Å². The molecule has 0 aromatic heterocycles. The van der Waals surface area contributed by atoms with Crippen LogP contribution in [0, 0.1) is 3.57 Å². The van der Waals surface area contributed by atoms with Crippen molar-refractivity contribution in [1.29, 1.82) is 0 Å². The summed E-state index contributed by atoms with van der Waals surface area (Å²) in [5.74, 6) is 0.658. The number of rotatable bonds is 3. The zero-order chi connectivity index (χ0) is 10.7. The second-order valence-electron chi connectivity index (χ2n) is 2.72. The van der Waals surface area contributed by atoms with Crippen LogP contribution < -0.4 is 4.74 Å². The Morgan fingerprint density at radius 2 is 2.21 bits per heavy atom. The molecule has 0 saturated heterocycles. The van der Waals surface area contributed by atoms with Gasteiger partial charge in [-0.25, -0.2) is 0 Å². The Hall–Kier alpha value is -0.100. The van der Waals surface area contributed by atoms with E-state index in [0.29, 0.717) is 17.9 Å². The van der Waals surface area contributed by atoms with Crippen LogP contribution in [0.4, 0.5) is 0 Å². The average Bonchev–Trinajstić information content (AvgIpc) is 2.11. The van der Waals surface area contributed by atoms with E-state index in [9.17, 15) is 4.79 Å². The largest absolute Gasteiger partial charge is 0.493 e. The van der Waals surface area contributed by atoms with Crippen molar-refractivity contribution in [1.82, 2.24) is 0 Å². The number of hydrogen-bond donors (Lipinski definition) is 0. The van der Waals surface area contributed by atoms with Crippen molar-refractivity contribution in [2.45, 2.75) is 13.8 Å². The Balaban J connectivity index is 3.30. The highest BCUT2D eigenvalue weighted by atomic mass is 127. The highest BCUT2D eigenvalue weighted by molar-refractivity contribution is 14.1. The fourth-order valence-corrected chi connectivity index (χ4v) is 2.19. The molecule has 0 N–H and O–H groups in total. The Labute approximate surface area is 105 Å². The third-order valence-electron chi connectivity index (χ3n) is 1.71. The monoisotopic (exact) mass is 368 g/mol. The summed E-state index contributed by atoms with van der Waals surface area (Å²) in [4.78, 5) is 11.4. The van der Waals surface area contributed by atoms with Gasteiger partial charge >= 0.3 is 0 Å². The second-order valence-corrected chi connectivity index (χ2v) is 4.68. The van der Waals surface area contributed by atoms with E-state index >= 15 is 0 Å². The van der Waals surface area contributed by atoms with Crippen molar-refractivity contribution >= 4 is 44.3 Å². The van der Waals surface area contributed by atoms with Gasteiger partial charge in [-0.3, -0.25) is 4.79 Å². The van der Waals surface area contributed by atoms with Crippen LogP contribution in [0.5, 0.6) is 5.75 Å². The summed E-state index contributed by atoms with van der Waals surface area (Å²) in [6.45, 7) is 4.00. The fraction of sp³-hybridized carbons (Fsp3) is 0.300. The van der Waals surface area contributed by atoms with Gasteiger partial charge in [0.15, 0.2) is 5.78 Å². The standard InChI is InChI=1S/C10H10BrIO2/c1-3-14-8-5-4-7(12)10(11)9(8)6(2)13/h4-5H,3H2,1-2H3. The number of ketones is 1. The predicted octanol–water partition coefficient (Wildman–Crippen LogP) is 3.66. The van der Waals surface area contributed by atoms with Crippen molar-refractivity contribution in [3.63, 3.8) is 0 Å². The third-order valence-corrected chi connectivity index (χ3v) is 4.17. The maximum atomic E-state index is 11.4. The highest BCUT2D eigenvalue weighted by Gasteiger charge is 2.14. The Bertz CT molecular complexity index is 363. The molecule has 2 nitrogen and oxygen atoms in total. The molecule has 0 heterocycles. The Morgan fingerprint density at radius 1 is 1.57 bits per heavy atom. The van der Waals surface area contributed by atoms with Gasteiger partial charge in [0, 0.05) is 8.04 Å². The molecule has 0 saturated carbocycles. The van der Waals surface area contributed by atoms with Gasteiger partial charge in [0.05, 0.1) is 12.2 Å². The van der Waals surface area contributed by atoms with Gasteiger partial charge in [-0.1, -0.05) is 0 Å². The van der Waals surface area contributed by atoms with Crippen molar-refractivity contribution < 1.29 is 9.53 Å². The number of Topliss-reactive ketones (excluding diaryl/α,β-unsaturated/α-hetero) is 1. The molecule has 0 bridgehead atoms. The number of benzene rings is 1. The second kappa shape index (κ2) is 5.11. The van der Waals surface area contributed by atoms with Crippen LogP contribution in [0.25, 0.3) is 0 Å². The summed E-state index contributed by atoms with van der Waals surface area (Å²) in [6.07, 6.45) is 0. The first-order chi connectivity index (χ1) is 6.57. The maximum Gasteiger partial charge on any atom is 0.164 e. The van der Waals surface area contributed by atoms with Crippen LogP contribution in [0.15, 0.2) is 16.6 Å². The lowest BCUT2D eigenvalue weighted by molar-refractivity contribution is 0.101. The normalized spacial score (nSPS) is 10.0. The molecule has 0 atom stereocenters. The minimum atomic E-state index is 0.0128. The molecule has 76 valence electrons. The summed E-state index contributed by atoms with van der Waals surface area (Å²) >= 11 is 5.57. The molecule has 4 heteroatoms. The van der Waals surface area contributed by atoms with Crippen molar-refractivity contribution in [2.24, 2.45) is 0 Å². The number of ether oxygens (including phenoxy) is 1. The number of halogens is 2. The topological polar surface area (TPSA) is 26.3 Å². The van der Waals surface area contributed by atoms with Crippen LogP contribution in [0.1, 0.15) is 24.2 Å². The molecule has 0 spiro atoms. The van der Waals surface area contributed by atoms with Gasteiger partial charge in [0.1, 0.15) is 5.75 Å². The molecule has 1 aromatic carbocycles. The van der Waals surface area contributed by atoms with E-state index in [1.807, 2.05) is 19.1 Å². The Morgan fingerprint density at radius 3 is 2.71 bits per heavy atom. The molecule has 0 aliphatic heterocycles. The summed E-state index contributed by atoms with van der Waals surface area (Å²) in [6, 6.07) is 3.74. The van der Waals surface area contributed by atoms with Gasteiger partial charge in [0.2, 0.25) is 0 Å². The molecule has 0 radical (unpaired) electrons.